The van der Waals surface area contributed by atoms with Crippen LogP contribution in [0, 0.1) is 0 Å². The Balaban J connectivity index is 2.72. The van der Waals surface area contributed by atoms with E-state index in [1.54, 1.807) is 12.1 Å². The van der Waals surface area contributed by atoms with Gasteiger partial charge in [0.1, 0.15) is 0 Å². The summed E-state index contributed by atoms with van der Waals surface area (Å²) in [5, 5.41) is 10.7. The average molecular weight is 270 g/mol. The summed E-state index contributed by atoms with van der Waals surface area (Å²) in [5.74, 6) is 0.822. The first-order valence-electron chi connectivity index (χ1n) is 5.74. The number of rotatable bonds is 3. The van der Waals surface area contributed by atoms with Gasteiger partial charge in [-0.25, -0.2) is 4.99 Å². The van der Waals surface area contributed by atoms with Crippen molar-refractivity contribution in [2.24, 2.45) is 4.99 Å². The van der Waals surface area contributed by atoms with Crippen LogP contribution < -0.4 is 0 Å². The molecule has 4 nitrogen and oxygen atoms in total. The van der Waals surface area contributed by atoms with Crippen LogP contribution in [-0.4, -0.2) is 55.6 Å². The van der Waals surface area contributed by atoms with Crippen molar-refractivity contribution < 1.29 is 5.11 Å². The van der Waals surface area contributed by atoms with Crippen LogP contribution in [0.4, 0.5) is 0 Å². The highest BCUT2D eigenvalue weighted by Gasteiger charge is 2.09. The molecule has 0 heterocycles. The van der Waals surface area contributed by atoms with Gasteiger partial charge in [0.25, 0.3) is 0 Å². The lowest BCUT2D eigenvalue weighted by molar-refractivity contribution is 0.186. The summed E-state index contributed by atoms with van der Waals surface area (Å²) in [7, 11) is 7.70. The van der Waals surface area contributed by atoms with Crippen LogP contribution in [0.25, 0.3) is 0 Å². The van der Waals surface area contributed by atoms with Crippen molar-refractivity contribution in [3.63, 3.8) is 0 Å². The lowest BCUT2D eigenvalue weighted by atomic mass is 10.1. The summed E-state index contributed by atoms with van der Waals surface area (Å²) < 4.78 is 0. The van der Waals surface area contributed by atoms with E-state index in [4.69, 9.17) is 11.6 Å². The first-order chi connectivity index (χ1) is 8.41. The van der Waals surface area contributed by atoms with E-state index in [2.05, 4.69) is 4.99 Å². The minimum Gasteiger partial charge on any atom is -0.386 e. The summed E-state index contributed by atoms with van der Waals surface area (Å²) in [6.07, 6.45) is -0.614. The standard InChI is InChI=1S/C13H20ClN3O/c1-16(2)13(17(3)4)15-9-12(18)10-5-7-11(14)8-6-10/h5-8,12,18H,9H2,1-4H3/t12-/m0/s1. The summed E-state index contributed by atoms with van der Waals surface area (Å²) in [5.41, 5.74) is 0.819. The number of guanidine groups is 1. The highest BCUT2D eigenvalue weighted by Crippen LogP contribution is 2.16. The Bertz CT molecular complexity index is 391. The van der Waals surface area contributed by atoms with Crippen molar-refractivity contribution in [2.45, 2.75) is 6.10 Å². The number of benzene rings is 1. The zero-order valence-corrected chi connectivity index (χ0v) is 12.0. The second kappa shape index (κ2) is 6.61. The zero-order valence-electron chi connectivity index (χ0n) is 11.3. The van der Waals surface area contributed by atoms with Crippen LogP contribution in [0.2, 0.25) is 5.02 Å². The van der Waals surface area contributed by atoms with Gasteiger partial charge < -0.3 is 14.9 Å². The summed E-state index contributed by atoms with van der Waals surface area (Å²) in [6, 6.07) is 7.16. The molecule has 0 radical (unpaired) electrons. The van der Waals surface area contributed by atoms with E-state index in [9.17, 15) is 5.11 Å². The van der Waals surface area contributed by atoms with Crippen molar-refractivity contribution in [3.05, 3.63) is 34.9 Å². The smallest absolute Gasteiger partial charge is 0.195 e. The predicted molar refractivity (Wildman–Crippen MR) is 76.1 cm³/mol. The third-order valence-electron chi connectivity index (χ3n) is 2.46. The van der Waals surface area contributed by atoms with Gasteiger partial charge in [-0.2, -0.15) is 0 Å². The summed E-state index contributed by atoms with van der Waals surface area (Å²) >= 11 is 5.80. The number of hydrogen-bond acceptors (Lipinski definition) is 2. The molecule has 100 valence electrons. The van der Waals surface area contributed by atoms with Crippen molar-refractivity contribution in [1.82, 2.24) is 9.80 Å². The molecule has 1 aromatic rings. The summed E-state index contributed by atoms with van der Waals surface area (Å²) in [6.45, 7) is 0.327. The molecule has 0 unspecified atom stereocenters. The third-order valence-corrected chi connectivity index (χ3v) is 2.71. The SMILES string of the molecule is CN(C)C(=NC[C@H](O)c1ccc(Cl)cc1)N(C)C. The molecule has 1 rings (SSSR count). The number of aliphatic hydroxyl groups excluding tert-OH is 1. The van der Waals surface area contributed by atoms with Gasteiger partial charge >= 0.3 is 0 Å². The van der Waals surface area contributed by atoms with Crippen LogP contribution >= 0.6 is 11.6 Å². The Morgan fingerprint density at radius 2 is 1.67 bits per heavy atom. The van der Waals surface area contributed by atoms with Crippen LogP contribution in [0.3, 0.4) is 0 Å². The predicted octanol–water partition coefficient (Wildman–Crippen LogP) is 1.85. The largest absolute Gasteiger partial charge is 0.386 e. The Kier molecular flexibility index (Phi) is 5.44. The average Bonchev–Trinajstić information content (AvgIpc) is 2.28. The molecule has 0 aliphatic rings. The van der Waals surface area contributed by atoms with Crippen LogP contribution in [0.1, 0.15) is 11.7 Å². The molecule has 5 heteroatoms. The molecule has 0 saturated heterocycles. The van der Waals surface area contributed by atoms with E-state index in [0.29, 0.717) is 11.6 Å². The maximum Gasteiger partial charge on any atom is 0.195 e. The molecule has 0 fully saturated rings. The molecular weight excluding hydrogens is 250 g/mol. The Labute approximate surface area is 113 Å². The first kappa shape index (κ1) is 14.8. The van der Waals surface area contributed by atoms with E-state index >= 15 is 0 Å². The van der Waals surface area contributed by atoms with Crippen LogP contribution in [0.5, 0.6) is 0 Å². The van der Waals surface area contributed by atoms with E-state index in [0.717, 1.165) is 11.5 Å². The Morgan fingerprint density at radius 3 is 2.11 bits per heavy atom. The van der Waals surface area contributed by atoms with Crippen LogP contribution in [0.15, 0.2) is 29.3 Å². The van der Waals surface area contributed by atoms with E-state index < -0.39 is 6.10 Å². The van der Waals surface area contributed by atoms with Gasteiger partial charge in [-0.05, 0) is 17.7 Å². The molecule has 0 bridgehead atoms. The lowest BCUT2D eigenvalue weighted by Gasteiger charge is -2.23. The first-order valence-corrected chi connectivity index (χ1v) is 6.12. The van der Waals surface area contributed by atoms with Gasteiger partial charge in [0.05, 0.1) is 12.6 Å². The topological polar surface area (TPSA) is 39.1 Å². The third kappa shape index (κ3) is 4.20. The highest BCUT2D eigenvalue weighted by molar-refractivity contribution is 6.30. The van der Waals surface area contributed by atoms with Gasteiger partial charge in [0.15, 0.2) is 5.96 Å². The van der Waals surface area contributed by atoms with Gasteiger partial charge in [-0.3, -0.25) is 0 Å². The number of nitrogens with zero attached hydrogens (tertiary/aromatic N) is 3. The fourth-order valence-electron chi connectivity index (χ4n) is 1.64. The van der Waals surface area contributed by atoms with Gasteiger partial charge in [-0.1, -0.05) is 23.7 Å². The minimum atomic E-state index is -0.614. The molecule has 0 spiro atoms. The number of halogens is 1. The monoisotopic (exact) mass is 269 g/mol. The molecule has 0 aliphatic carbocycles. The second-order valence-electron chi connectivity index (χ2n) is 4.50. The molecule has 0 aliphatic heterocycles. The van der Waals surface area contributed by atoms with Crippen LogP contribution in [-0.2, 0) is 0 Å². The zero-order chi connectivity index (χ0) is 13.7. The Hall–Kier alpha value is -1.26. The number of aliphatic imine (C=N–C) groups is 1. The van der Waals surface area contributed by atoms with E-state index in [1.807, 2.05) is 50.1 Å². The molecule has 1 atom stereocenters. The van der Waals surface area contributed by atoms with E-state index in [-0.39, 0.29) is 0 Å². The van der Waals surface area contributed by atoms with E-state index in [1.165, 1.54) is 0 Å². The molecular formula is C13H20ClN3O. The molecule has 1 N–H and O–H groups in total. The quantitative estimate of drug-likeness (QED) is 0.672. The fraction of sp³-hybridized carbons (Fsp3) is 0.462. The normalized spacial score (nSPS) is 11.9. The maximum atomic E-state index is 10.0. The Morgan fingerprint density at radius 1 is 1.17 bits per heavy atom. The highest BCUT2D eigenvalue weighted by atomic mass is 35.5. The van der Waals surface area contributed by atoms with Crippen molar-refractivity contribution in [3.8, 4) is 0 Å². The van der Waals surface area contributed by atoms with Crippen molar-refractivity contribution >= 4 is 17.6 Å². The molecule has 18 heavy (non-hydrogen) atoms. The number of hydrogen-bond donors (Lipinski definition) is 1. The van der Waals surface area contributed by atoms with Gasteiger partial charge in [0.2, 0.25) is 0 Å². The van der Waals surface area contributed by atoms with Crippen molar-refractivity contribution in [2.75, 3.05) is 34.7 Å². The fourth-order valence-corrected chi connectivity index (χ4v) is 1.77. The van der Waals surface area contributed by atoms with Crippen molar-refractivity contribution in [1.29, 1.82) is 0 Å². The second-order valence-corrected chi connectivity index (χ2v) is 4.93. The molecule has 0 aromatic heterocycles. The minimum absolute atomic E-state index is 0.327. The number of aliphatic hydroxyl groups is 1. The van der Waals surface area contributed by atoms with Gasteiger partial charge in [0, 0.05) is 33.2 Å². The summed E-state index contributed by atoms with van der Waals surface area (Å²) in [4.78, 5) is 8.23. The van der Waals surface area contributed by atoms with Gasteiger partial charge in [-0.15, -0.1) is 0 Å². The molecule has 0 saturated carbocycles. The lowest BCUT2D eigenvalue weighted by Crippen LogP contribution is -2.35. The molecule has 0 amide bonds. The maximum absolute atomic E-state index is 10.0. The molecule has 1 aromatic carbocycles.